The van der Waals surface area contributed by atoms with Crippen LogP contribution in [0.2, 0.25) is 0 Å². The molecule has 2 aliphatic heterocycles. The van der Waals surface area contributed by atoms with Gasteiger partial charge in [-0.1, -0.05) is 6.92 Å². The van der Waals surface area contributed by atoms with Gasteiger partial charge in [-0.05, 0) is 69.1 Å². The predicted octanol–water partition coefficient (Wildman–Crippen LogP) is 3.62. The quantitative estimate of drug-likeness (QED) is 0.338. The number of rotatable bonds is 7. The number of aliphatic imine (C=N–C) groups is 1. The molecule has 0 amide bonds. The zero-order valence-corrected chi connectivity index (χ0v) is 20.0. The number of nitrogens with zero attached hydrogens (tertiary/aromatic N) is 3. The average molecular weight is 506 g/mol. The van der Waals surface area contributed by atoms with Crippen LogP contribution in [0.25, 0.3) is 0 Å². The topological polar surface area (TPSA) is 42.9 Å². The minimum Gasteiger partial charge on any atom is -0.363 e. The average Bonchev–Trinajstić information content (AvgIpc) is 3.33. The summed E-state index contributed by atoms with van der Waals surface area (Å²) in [6.07, 6.45) is 4.90. The monoisotopic (exact) mass is 505 g/mol. The number of thiophene rings is 1. The first-order valence-electron chi connectivity index (χ1n) is 10.3. The summed E-state index contributed by atoms with van der Waals surface area (Å²) in [5, 5.41) is 10.7. The number of piperidine rings is 1. The zero-order valence-electron chi connectivity index (χ0n) is 16.8. The summed E-state index contributed by atoms with van der Waals surface area (Å²) in [6.45, 7) is 12.3. The van der Waals surface area contributed by atoms with E-state index in [4.69, 9.17) is 4.99 Å². The maximum absolute atomic E-state index is 4.91. The molecule has 5 nitrogen and oxygen atoms in total. The van der Waals surface area contributed by atoms with E-state index >= 15 is 0 Å². The first-order valence-corrected chi connectivity index (χ1v) is 11.2. The number of hydrogen-bond acceptors (Lipinski definition) is 4. The molecule has 0 saturated carbocycles. The van der Waals surface area contributed by atoms with E-state index in [2.05, 4.69) is 51.8 Å². The molecule has 3 rings (SSSR count). The second-order valence-corrected chi connectivity index (χ2v) is 8.46. The second kappa shape index (κ2) is 12.1. The molecule has 1 unspecified atom stereocenters. The first kappa shape index (κ1) is 22.7. The molecule has 0 aromatic carbocycles. The van der Waals surface area contributed by atoms with Gasteiger partial charge in [0.1, 0.15) is 0 Å². The summed E-state index contributed by atoms with van der Waals surface area (Å²) >= 11 is 1.84. The Labute approximate surface area is 186 Å². The Balaban J connectivity index is 0.00000261. The molecule has 154 valence electrons. The van der Waals surface area contributed by atoms with Crippen molar-refractivity contribution in [1.82, 2.24) is 15.5 Å². The Morgan fingerprint density at radius 2 is 2.04 bits per heavy atom. The van der Waals surface area contributed by atoms with Crippen molar-refractivity contribution < 1.29 is 0 Å². The van der Waals surface area contributed by atoms with Crippen LogP contribution in [0, 0.1) is 5.92 Å². The minimum absolute atomic E-state index is 0. The van der Waals surface area contributed by atoms with Crippen molar-refractivity contribution in [2.45, 2.75) is 45.6 Å². The Morgan fingerprint density at radius 3 is 2.70 bits per heavy atom. The summed E-state index contributed by atoms with van der Waals surface area (Å²) in [5.74, 6) is 1.73. The van der Waals surface area contributed by atoms with Gasteiger partial charge in [0.2, 0.25) is 0 Å². The van der Waals surface area contributed by atoms with Crippen LogP contribution in [0.15, 0.2) is 22.5 Å². The molecule has 0 aliphatic carbocycles. The van der Waals surface area contributed by atoms with Crippen LogP contribution in [0.5, 0.6) is 0 Å². The van der Waals surface area contributed by atoms with Crippen molar-refractivity contribution in [3.05, 3.63) is 17.5 Å². The van der Waals surface area contributed by atoms with Crippen LogP contribution in [-0.2, 0) is 0 Å². The molecule has 1 aromatic rings. The molecular formula is C20H36IN5S. The van der Waals surface area contributed by atoms with Gasteiger partial charge in [0.05, 0.1) is 5.00 Å². The standard InChI is InChI=1S/C20H35N5S.HI/c1-3-10-24-11-7-17(16-24)15-22-20(21-4-2)23-18-8-12-25(13-9-18)19-6-5-14-26-19;/h5-6,14,17-18H,3-4,7-13,15-16H2,1-2H3,(H2,21,22,23);1H. The Kier molecular flexibility index (Phi) is 10.2. The van der Waals surface area contributed by atoms with Gasteiger partial charge in [0.15, 0.2) is 5.96 Å². The van der Waals surface area contributed by atoms with Gasteiger partial charge in [-0.25, -0.2) is 0 Å². The van der Waals surface area contributed by atoms with Gasteiger partial charge in [0.25, 0.3) is 0 Å². The summed E-state index contributed by atoms with van der Waals surface area (Å²) < 4.78 is 0. The normalized spacial score (nSPS) is 21.9. The molecule has 0 bridgehead atoms. The van der Waals surface area contributed by atoms with Crippen LogP contribution >= 0.6 is 35.3 Å². The summed E-state index contributed by atoms with van der Waals surface area (Å²) in [7, 11) is 0. The molecule has 2 aliphatic rings. The smallest absolute Gasteiger partial charge is 0.191 e. The molecule has 0 spiro atoms. The van der Waals surface area contributed by atoms with Gasteiger partial charge in [-0.3, -0.25) is 4.99 Å². The Morgan fingerprint density at radius 1 is 1.22 bits per heavy atom. The Bertz CT molecular complexity index is 543. The van der Waals surface area contributed by atoms with E-state index in [1.807, 2.05) is 11.3 Å². The molecule has 3 heterocycles. The molecule has 7 heteroatoms. The molecule has 2 saturated heterocycles. The third kappa shape index (κ3) is 7.09. The highest BCUT2D eigenvalue weighted by molar-refractivity contribution is 14.0. The third-order valence-corrected chi connectivity index (χ3v) is 6.34. The van der Waals surface area contributed by atoms with Crippen molar-refractivity contribution >= 4 is 46.3 Å². The predicted molar refractivity (Wildman–Crippen MR) is 129 cm³/mol. The van der Waals surface area contributed by atoms with Crippen molar-refractivity contribution in [2.75, 3.05) is 50.7 Å². The summed E-state index contributed by atoms with van der Waals surface area (Å²) in [4.78, 5) is 10.0. The van der Waals surface area contributed by atoms with E-state index in [9.17, 15) is 0 Å². The van der Waals surface area contributed by atoms with Gasteiger partial charge >= 0.3 is 0 Å². The maximum atomic E-state index is 4.91. The maximum Gasteiger partial charge on any atom is 0.191 e. The van der Waals surface area contributed by atoms with Crippen molar-refractivity contribution in [3.8, 4) is 0 Å². The minimum atomic E-state index is 0. The summed E-state index contributed by atoms with van der Waals surface area (Å²) in [5.41, 5.74) is 0. The van der Waals surface area contributed by atoms with Crippen molar-refractivity contribution in [2.24, 2.45) is 10.9 Å². The van der Waals surface area contributed by atoms with E-state index in [1.165, 1.54) is 50.3 Å². The largest absolute Gasteiger partial charge is 0.363 e. The van der Waals surface area contributed by atoms with E-state index in [0.717, 1.165) is 38.1 Å². The first-order chi connectivity index (χ1) is 12.8. The molecule has 27 heavy (non-hydrogen) atoms. The fraction of sp³-hybridized carbons (Fsp3) is 0.750. The van der Waals surface area contributed by atoms with E-state index < -0.39 is 0 Å². The molecule has 1 aromatic heterocycles. The third-order valence-electron chi connectivity index (χ3n) is 5.42. The number of hydrogen-bond donors (Lipinski definition) is 2. The molecule has 2 fully saturated rings. The van der Waals surface area contributed by atoms with Crippen molar-refractivity contribution in [1.29, 1.82) is 0 Å². The number of guanidine groups is 1. The van der Waals surface area contributed by atoms with Crippen LogP contribution in [0.1, 0.15) is 39.5 Å². The molecule has 1 atom stereocenters. The lowest BCUT2D eigenvalue weighted by Crippen LogP contribution is -2.48. The Hall–Kier alpha value is -0.540. The van der Waals surface area contributed by atoms with Gasteiger partial charge in [-0.2, -0.15) is 0 Å². The number of anilines is 1. The fourth-order valence-corrected chi connectivity index (χ4v) is 4.79. The van der Waals surface area contributed by atoms with E-state index in [1.54, 1.807) is 0 Å². The number of likely N-dealkylation sites (tertiary alicyclic amines) is 1. The number of nitrogens with one attached hydrogen (secondary N) is 2. The highest BCUT2D eigenvalue weighted by Crippen LogP contribution is 2.24. The zero-order chi connectivity index (χ0) is 18.2. The fourth-order valence-electron chi connectivity index (χ4n) is 4.01. The molecule has 2 N–H and O–H groups in total. The highest BCUT2D eigenvalue weighted by Gasteiger charge is 2.23. The lowest BCUT2D eigenvalue weighted by atomic mass is 10.1. The summed E-state index contributed by atoms with van der Waals surface area (Å²) in [6, 6.07) is 4.90. The van der Waals surface area contributed by atoms with Gasteiger partial charge < -0.3 is 20.4 Å². The SMILES string of the molecule is CCCN1CCC(CN=C(NCC)NC2CCN(c3cccs3)CC2)C1.I. The van der Waals surface area contributed by atoms with Crippen molar-refractivity contribution in [3.63, 3.8) is 0 Å². The van der Waals surface area contributed by atoms with Crippen LogP contribution in [0.4, 0.5) is 5.00 Å². The highest BCUT2D eigenvalue weighted by atomic mass is 127. The van der Waals surface area contributed by atoms with Crippen LogP contribution in [0.3, 0.4) is 0 Å². The van der Waals surface area contributed by atoms with Gasteiger partial charge in [-0.15, -0.1) is 35.3 Å². The lowest BCUT2D eigenvalue weighted by molar-refractivity contribution is 0.326. The van der Waals surface area contributed by atoms with E-state index in [-0.39, 0.29) is 24.0 Å². The van der Waals surface area contributed by atoms with Crippen LogP contribution in [-0.4, -0.2) is 62.7 Å². The van der Waals surface area contributed by atoms with Crippen LogP contribution < -0.4 is 15.5 Å². The van der Waals surface area contributed by atoms with E-state index in [0.29, 0.717) is 6.04 Å². The van der Waals surface area contributed by atoms with Gasteiger partial charge in [0, 0.05) is 38.8 Å². The lowest BCUT2D eigenvalue weighted by Gasteiger charge is -2.33. The molecule has 0 radical (unpaired) electrons. The molecular weight excluding hydrogens is 469 g/mol. The number of halogens is 1. The second-order valence-electron chi connectivity index (χ2n) is 7.53.